The monoisotopic (exact) mass is 424 g/mol. The highest BCUT2D eigenvalue weighted by Crippen LogP contribution is 2.35. The SMILES string of the molecule is C#CCn1c(=NC(=O)C2Oc3ccccc3OC2C)sc2cc(OC)c(OC)cc21. The van der Waals surface area contributed by atoms with Crippen LogP contribution in [0.25, 0.3) is 10.2 Å². The first kappa shape index (κ1) is 19.9. The van der Waals surface area contributed by atoms with E-state index >= 15 is 0 Å². The molecule has 2 unspecified atom stereocenters. The molecule has 2 atom stereocenters. The van der Waals surface area contributed by atoms with Crippen LogP contribution in [0.3, 0.4) is 0 Å². The van der Waals surface area contributed by atoms with Crippen molar-refractivity contribution in [3.8, 4) is 35.3 Å². The number of para-hydroxylation sites is 2. The Morgan fingerprint density at radius 2 is 1.87 bits per heavy atom. The predicted molar refractivity (Wildman–Crippen MR) is 113 cm³/mol. The molecule has 30 heavy (non-hydrogen) atoms. The minimum atomic E-state index is -0.853. The summed E-state index contributed by atoms with van der Waals surface area (Å²) < 4.78 is 25.1. The average molecular weight is 424 g/mol. The number of hydrogen-bond donors (Lipinski definition) is 0. The lowest BCUT2D eigenvalue weighted by Gasteiger charge is -2.29. The maximum atomic E-state index is 13.0. The Hall–Kier alpha value is -3.44. The first-order chi connectivity index (χ1) is 14.5. The van der Waals surface area contributed by atoms with Crippen LogP contribution in [0.1, 0.15) is 6.92 Å². The molecule has 1 amide bonds. The van der Waals surface area contributed by atoms with E-state index in [1.54, 1.807) is 37.8 Å². The van der Waals surface area contributed by atoms with Gasteiger partial charge in [0.15, 0.2) is 27.8 Å². The van der Waals surface area contributed by atoms with E-state index in [2.05, 4.69) is 10.9 Å². The van der Waals surface area contributed by atoms with E-state index < -0.39 is 18.1 Å². The molecule has 0 radical (unpaired) electrons. The van der Waals surface area contributed by atoms with Crippen LogP contribution in [0.15, 0.2) is 41.4 Å². The molecule has 8 heteroatoms. The first-order valence-electron chi connectivity index (χ1n) is 9.25. The zero-order valence-corrected chi connectivity index (χ0v) is 17.6. The van der Waals surface area contributed by atoms with Crippen LogP contribution < -0.4 is 23.7 Å². The van der Waals surface area contributed by atoms with Crippen molar-refractivity contribution in [3.05, 3.63) is 41.2 Å². The third-order valence-electron chi connectivity index (χ3n) is 4.73. The third kappa shape index (κ3) is 3.48. The summed E-state index contributed by atoms with van der Waals surface area (Å²) in [5.74, 6) is 4.46. The van der Waals surface area contributed by atoms with Gasteiger partial charge in [-0.3, -0.25) is 4.79 Å². The largest absolute Gasteiger partial charge is 0.493 e. The number of thiazole rings is 1. The first-order valence-corrected chi connectivity index (χ1v) is 10.1. The maximum absolute atomic E-state index is 13.0. The molecule has 0 spiro atoms. The molecule has 1 aliphatic rings. The minimum absolute atomic E-state index is 0.252. The number of carbonyl (C=O) groups is 1. The van der Waals surface area contributed by atoms with Crippen LogP contribution in [0.2, 0.25) is 0 Å². The van der Waals surface area contributed by atoms with Crippen LogP contribution in [-0.2, 0) is 11.3 Å². The molecule has 154 valence electrons. The molecule has 3 aromatic rings. The number of aromatic nitrogens is 1. The zero-order valence-electron chi connectivity index (χ0n) is 16.7. The zero-order chi connectivity index (χ0) is 21.3. The van der Waals surface area contributed by atoms with Gasteiger partial charge in [-0.05, 0) is 19.1 Å². The third-order valence-corrected chi connectivity index (χ3v) is 5.77. The molecule has 2 aromatic carbocycles. The van der Waals surface area contributed by atoms with Gasteiger partial charge in [-0.25, -0.2) is 0 Å². The van der Waals surface area contributed by atoms with Gasteiger partial charge in [0.1, 0.15) is 6.10 Å². The average Bonchev–Trinajstić information content (AvgIpc) is 3.08. The number of nitrogens with zero attached hydrogens (tertiary/aromatic N) is 2. The van der Waals surface area contributed by atoms with Crippen molar-refractivity contribution in [2.45, 2.75) is 25.7 Å². The van der Waals surface area contributed by atoms with Crippen molar-refractivity contribution in [1.82, 2.24) is 4.57 Å². The van der Waals surface area contributed by atoms with Crippen LogP contribution in [-0.4, -0.2) is 36.9 Å². The van der Waals surface area contributed by atoms with Crippen molar-refractivity contribution in [2.75, 3.05) is 14.2 Å². The highest BCUT2D eigenvalue weighted by atomic mass is 32.1. The molecule has 0 bridgehead atoms. The van der Waals surface area contributed by atoms with E-state index in [0.717, 1.165) is 10.2 Å². The fourth-order valence-electron chi connectivity index (χ4n) is 3.27. The number of terminal acetylenes is 1. The van der Waals surface area contributed by atoms with E-state index in [1.165, 1.54) is 11.3 Å². The highest BCUT2D eigenvalue weighted by molar-refractivity contribution is 7.16. The van der Waals surface area contributed by atoms with E-state index in [0.29, 0.717) is 27.8 Å². The quantitative estimate of drug-likeness (QED) is 0.602. The van der Waals surface area contributed by atoms with Gasteiger partial charge in [-0.1, -0.05) is 29.4 Å². The molecule has 0 saturated heterocycles. The molecule has 0 saturated carbocycles. The Kier molecular flexibility index (Phi) is 5.38. The Balaban J connectivity index is 1.77. The van der Waals surface area contributed by atoms with Gasteiger partial charge >= 0.3 is 0 Å². The summed E-state index contributed by atoms with van der Waals surface area (Å²) in [5, 5.41) is 0. The summed E-state index contributed by atoms with van der Waals surface area (Å²) in [7, 11) is 3.14. The van der Waals surface area contributed by atoms with E-state index in [-0.39, 0.29) is 6.54 Å². The summed E-state index contributed by atoms with van der Waals surface area (Å²) in [4.78, 5) is 17.8. The second-order valence-corrected chi connectivity index (χ2v) is 7.62. The lowest BCUT2D eigenvalue weighted by molar-refractivity contribution is -0.130. The molecule has 0 aliphatic carbocycles. The summed E-state index contributed by atoms with van der Waals surface area (Å²) in [6, 6.07) is 10.9. The van der Waals surface area contributed by atoms with Gasteiger partial charge in [-0.2, -0.15) is 4.99 Å². The Bertz CT molecular complexity index is 1220. The molecule has 0 N–H and O–H groups in total. The van der Waals surface area contributed by atoms with Gasteiger partial charge in [0.2, 0.25) is 6.10 Å². The Morgan fingerprint density at radius 1 is 1.20 bits per heavy atom. The summed E-state index contributed by atoms with van der Waals surface area (Å²) in [6.07, 6.45) is 4.23. The predicted octanol–water partition coefficient (Wildman–Crippen LogP) is 3.01. The van der Waals surface area contributed by atoms with Crippen molar-refractivity contribution in [3.63, 3.8) is 0 Å². The lowest BCUT2D eigenvalue weighted by atomic mass is 10.1. The lowest BCUT2D eigenvalue weighted by Crippen LogP contribution is -2.43. The van der Waals surface area contributed by atoms with E-state index in [4.69, 9.17) is 25.4 Å². The second kappa shape index (κ2) is 8.13. The van der Waals surface area contributed by atoms with Crippen LogP contribution in [0.5, 0.6) is 23.0 Å². The fourth-order valence-corrected chi connectivity index (χ4v) is 4.32. The molecule has 2 heterocycles. The van der Waals surface area contributed by atoms with Crippen molar-refractivity contribution < 1.29 is 23.7 Å². The standard InChI is InChI=1S/C22H20N2O5S/c1-5-10-24-14-11-17(26-3)18(27-4)12-19(14)30-22(24)23-21(25)20-13(2)28-15-8-6-7-9-16(15)29-20/h1,6-9,11-13,20H,10H2,2-4H3. The number of rotatable bonds is 4. The molecule has 1 aromatic heterocycles. The second-order valence-electron chi connectivity index (χ2n) is 6.61. The van der Waals surface area contributed by atoms with Crippen molar-refractivity contribution >= 4 is 27.5 Å². The van der Waals surface area contributed by atoms with E-state index in [9.17, 15) is 4.79 Å². The number of carbonyl (C=O) groups excluding carboxylic acids is 1. The topological polar surface area (TPSA) is 71.3 Å². The van der Waals surface area contributed by atoms with Crippen LogP contribution in [0.4, 0.5) is 0 Å². The number of ether oxygens (including phenoxy) is 4. The molecular weight excluding hydrogens is 404 g/mol. The number of methoxy groups -OCH3 is 2. The van der Waals surface area contributed by atoms with Crippen molar-refractivity contribution in [2.24, 2.45) is 4.99 Å². The number of amides is 1. The Morgan fingerprint density at radius 3 is 2.53 bits per heavy atom. The van der Waals surface area contributed by atoms with Gasteiger partial charge in [0.05, 0.1) is 31.0 Å². The maximum Gasteiger partial charge on any atom is 0.293 e. The van der Waals surface area contributed by atoms with Crippen LogP contribution in [0, 0.1) is 12.3 Å². The summed E-state index contributed by atoms with van der Waals surface area (Å²) >= 11 is 1.34. The molecule has 0 fully saturated rings. The molecule has 7 nitrogen and oxygen atoms in total. The van der Waals surface area contributed by atoms with Gasteiger partial charge in [0, 0.05) is 12.1 Å². The minimum Gasteiger partial charge on any atom is -0.493 e. The molecular formula is C22H20N2O5S. The summed E-state index contributed by atoms with van der Waals surface area (Å²) in [6.45, 7) is 2.03. The molecule has 1 aliphatic heterocycles. The smallest absolute Gasteiger partial charge is 0.293 e. The number of hydrogen-bond acceptors (Lipinski definition) is 6. The number of fused-ring (bicyclic) bond motifs is 2. The normalized spacial score (nSPS) is 18.1. The number of benzene rings is 2. The van der Waals surface area contributed by atoms with Crippen LogP contribution >= 0.6 is 11.3 Å². The Labute approximate surface area is 177 Å². The van der Waals surface area contributed by atoms with E-state index in [1.807, 2.05) is 24.3 Å². The highest BCUT2D eigenvalue weighted by Gasteiger charge is 2.34. The fraction of sp³-hybridized carbons (Fsp3) is 0.273. The van der Waals surface area contributed by atoms with Gasteiger partial charge in [0.25, 0.3) is 5.91 Å². The van der Waals surface area contributed by atoms with Crippen molar-refractivity contribution in [1.29, 1.82) is 0 Å². The van der Waals surface area contributed by atoms with Gasteiger partial charge < -0.3 is 23.5 Å². The summed E-state index contributed by atoms with van der Waals surface area (Å²) in [5.41, 5.74) is 0.807. The molecule has 4 rings (SSSR count). The van der Waals surface area contributed by atoms with Gasteiger partial charge in [-0.15, -0.1) is 6.42 Å².